The summed E-state index contributed by atoms with van der Waals surface area (Å²) in [5.41, 5.74) is 14.8. The van der Waals surface area contributed by atoms with Crippen molar-refractivity contribution in [2.45, 2.75) is 142 Å². The second-order valence-corrected chi connectivity index (χ2v) is 20.3. The zero-order valence-corrected chi connectivity index (χ0v) is 40.6. The fourth-order valence-corrected chi connectivity index (χ4v) is 7.62. The number of benzene rings is 4. The topological polar surface area (TPSA) is 0 Å². The molecule has 0 aliphatic heterocycles. The van der Waals surface area contributed by atoms with Crippen LogP contribution < -0.4 is 24.8 Å². The number of hydrogen-bond acceptors (Lipinski definition) is 0. The Balaban J connectivity index is 0.000000232. The van der Waals surface area contributed by atoms with Crippen molar-refractivity contribution in [2.24, 2.45) is 0 Å². The number of rotatable bonds is 4. The molecule has 0 amide bonds. The van der Waals surface area contributed by atoms with E-state index in [1.54, 1.807) is 0 Å². The van der Waals surface area contributed by atoms with E-state index in [2.05, 4.69) is 180 Å². The van der Waals surface area contributed by atoms with Gasteiger partial charge in [-0.1, -0.05) is 143 Å². The van der Waals surface area contributed by atoms with Gasteiger partial charge in [-0.25, -0.2) is 0 Å². The number of halogens is 2. The van der Waals surface area contributed by atoms with Gasteiger partial charge in [-0.3, -0.25) is 0 Å². The van der Waals surface area contributed by atoms with Crippen LogP contribution in [0.4, 0.5) is 0 Å². The van der Waals surface area contributed by atoms with E-state index in [0.29, 0.717) is 0 Å². The first-order valence-corrected chi connectivity index (χ1v) is 20.0. The van der Waals surface area contributed by atoms with Gasteiger partial charge < -0.3 is 24.8 Å². The summed E-state index contributed by atoms with van der Waals surface area (Å²) in [5.74, 6) is 1.61. The Labute approximate surface area is 364 Å². The Bertz CT molecular complexity index is 2020. The van der Waals surface area contributed by atoms with E-state index < -0.39 is 0 Å². The molecule has 2 aliphatic carbocycles. The minimum atomic E-state index is 0. The molecule has 0 N–H and O–H groups in total. The summed E-state index contributed by atoms with van der Waals surface area (Å²) >= 11 is 0. The van der Waals surface area contributed by atoms with E-state index >= 15 is 0 Å². The third-order valence-corrected chi connectivity index (χ3v) is 11.6. The summed E-state index contributed by atoms with van der Waals surface area (Å²) in [6.07, 6.45) is 5.44. The Morgan fingerprint density at radius 2 is 0.709 bits per heavy atom. The maximum atomic E-state index is 2.45. The fraction of sp³-hybridized carbons (Fsp3) is 0.423. The first-order valence-electron chi connectivity index (χ1n) is 20.0. The van der Waals surface area contributed by atoms with Crippen molar-refractivity contribution in [3.63, 3.8) is 0 Å². The molecule has 55 heavy (non-hydrogen) atoms. The van der Waals surface area contributed by atoms with Gasteiger partial charge in [-0.2, -0.15) is 12.1 Å². The van der Waals surface area contributed by atoms with Gasteiger partial charge in [0.25, 0.3) is 0 Å². The molecule has 0 heterocycles. The maximum Gasteiger partial charge on any atom is 4.00 e. The van der Waals surface area contributed by atoms with E-state index in [1.807, 2.05) is 0 Å². The second kappa shape index (κ2) is 16.4. The summed E-state index contributed by atoms with van der Waals surface area (Å²) in [6, 6.07) is 37.7. The summed E-state index contributed by atoms with van der Waals surface area (Å²) in [4.78, 5) is 0. The molecule has 2 saturated carbocycles. The molecular weight excluding hydrogens is 874 g/mol. The van der Waals surface area contributed by atoms with Gasteiger partial charge in [-0.05, 0) is 92.6 Å². The molecule has 0 aromatic heterocycles. The van der Waals surface area contributed by atoms with Crippen LogP contribution in [0.5, 0.6) is 0 Å². The zero-order chi connectivity index (χ0) is 37.4. The minimum Gasteiger partial charge on any atom is -1.00 e. The predicted molar refractivity (Wildman–Crippen MR) is 229 cm³/mol. The number of hydrogen-bond donors (Lipinski definition) is 0. The van der Waals surface area contributed by atoms with Crippen LogP contribution in [0.3, 0.4) is 0 Å². The van der Waals surface area contributed by atoms with Gasteiger partial charge >= 0.3 is 25.8 Å². The van der Waals surface area contributed by atoms with Gasteiger partial charge in [0.05, 0.1) is 0 Å². The number of fused-ring (bicyclic) bond motifs is 2. The molecule has 3 heteroatoms. The van der Waals surface area contributed by atoms with Crippen molar-refractivity contribution in [1.29, 1.82) is 0 Å². The second-order valence-electron chi connectivity index (χ2n) is 20.3. The average Bonchev–Trinajstić information content (AvgIpc) is 4.00. The molecule has 6 aromatic carbocycles. The normalized spacial score (nSPS) is 14.8. The fourth-order valence-electron chi connectivity index (χ4n) is 7.62. The molecule has 6 aromatic rings. The van der Waals surface area contributed by atoms with Gasteiger partial charge in [-0.15, -0.1) is 69.1 Å². The first-order chi connectivity index (χ1) is 24.3. The van der Waals surface area contributed by atoms with Crippen LogP contribution in [0.1, 0.15) is 154 Å². The largest absolute Gasteiger partial charge is 4.00 e. The smallest absolute Gasteiger partial charge is 1.00 e. The Morgan fingerprint density at radius 3 is 0.964 bits per heavy atom. The van der Waals surface area contributed by atoms with Crippen LogP contribution in [0.2, 0.25) is 0 Å². The van der Waals surface area contributed by atoms with Gasteiger partial charge in [0.15, 0.2) is 0 Å². The average molecular weight is 936 g/mol. The molecule has 0 unspecified atom stereocenters. The Hall–Kier alpha value is -2.45. The van der Waals surface area contributed by atoms with E-state index in [0.717, 1.165) is 11.8 Å². The van der Waals surface area contributed by atoms with Crippen LogP contribution >= 0.6 is 0 Å². The van der Waals surface area contributed by atoms with Crippen molar-refractivity contribution in [3.05, 3.63) is 130 Å². The summed E-state index contributed by atoms with van der Waals surface area (Å²) in [7, 11) is 0. The van der Waals surface area contributed by atoms with E-state index in [9.17, 15) is 0 Å². The zero-order valence-electron chi connectivity index (χ0n) is 35.5. The summed E-state index contributed by atoms with van der Waals surface area (Å²) in [6.45, 7) is 27.7. The van der Waals surface area contributed by atoms with Crippen molar-refractivity contribution < 1.29 is 50.7 Å². The van der Waals surface area contributed by atoms with E-state index in [1.165, 1.54) is 103 Å². The molecular formula is C52H62Cl2Hf. The molecule has 0 spiro atoms. The van der Waals surface area contributed by atoms with Crippen molar-refractivity contribution in [1.82, 2.24) is 0 Å². The van der Waals surface area contributed by atoms with Crippen molar-refractivity contribution in [2.75, 3.05) is 0 Å². The molecule has 0 bridgehead atoms. The van der Waals surface area contributed by atoms with Crippen LogP contribution in [-0.4, -0.2) is 0 Å². The third-order valence-electron chi connectivity index (χ3n) is 11.6. The van der Waals surface area contributed by atoms with E-state index in [-0.39, 0.29) is 72.3 Å². The van der Waals surface area contributed by atoms with Gasteiger partial charge in [0.1, 0.15) is 0 Å². The SMILES string of the molecule is CC(C)(C)c1cc(-c2cccc3[cH-]c(C4CC4)cc23)cc(C(C)(C)C)c1.CC(C)(C)c1cc(-c2cccc3[cH-]c(C4CC4)cc23)cc(C(C)(C)C)c1.[Cl-].[Cl-].[Hf+4]. The Kier molecular flexibility index (Phi) is 13.5. The molecule has 0 atom stereocenters. The summed E-state index contributed by atoms with van der Waals surface area (Å²) < 4.78 is 0. The first kappa shape index (κ1) is 45.3. The van der Waals surface area contributed by atoms with Crippen molar-refractivity contribution in [3.8, 4) is 22.3 Å². The van der Waals surface area contributed by atoms with Gasteiger partial charge in [0, 0.05) is 0 Å². The summed E-state index contributed by atoms with van der Waals surface area (Å²) in [5, 5.41) is 5.62. The van der Waals surface area contributed by atoms with Crippen LogP contribution in [-0.2, 0) is 47.5 Å². The third kappa shape index (κ3) is 10.2. The molecule has 288 valence electrons. The van der Waals surface area contributed by atoms with Crippen LogP contribution in [0.15, 0.2) is 97.1 Å². The molecule has 8 rings (SSSR count). The minimum absolute atomic E-state index is 0. The standard InChI is InChI=1S/2C26H31.2ClH.Hf/c2*1-25(2,3)21-13-20(14-22(16-21)26(4,5)6)23-9-7-8-18-12-19(15-24(18)23)17-10-11-17;;;/h2*7-9,12-17H,10-11H2,1-6H3;2*1H;/q2*-1;;;+4/p-2. The Morgan fingerprint density at radius 1 is 0.418 bits per heavy atom. The van der Waals surface area contributed by atoms with Crippen LogP contribution in [0.25, 0.3) is 43.8 Å². The van der Waals surface area contributed by atoms with Crippen LogP contribution in [0, 0.1) is 0 Å². The van der Waals surface area contributed by atoms with E-state index in [4.69, 9.17) is 0 Å². The predicted octanol–water partition coefficient (Wildman–Crippen LogP) is 9.40. The monoisotopic (exact) mass is 936 g/mol. The maximum absolute atomic E-state index is 2.45. The molecule has 2 aliphatic rings. The molecule has 0 radical (unpaired) electrons. The molecule has 0 nitrogen and oxygen atoms in total. The van der Waals surface area contributed by atoms with Gasteiger partial charge in [0.2, 0.25) is 0 Å². The molecule has 0 saturated heterocycles. The quantitative estimate of drug-likeness (QED) is 0.122. The molecule has 2 fully saturated rings. The van der Waals surface area contributed by atoms with Crippen molar-refractivity contribution >= 4 is 21.5 Å².